The number of aryl methyl sites for hydroxylation is 1. The Kier molecular flexibility index (Phi) is 3.84. The van der Waals surface area contributed by atoms with Gasteiger partial charge in [0.25, 0.3) is 0 Å². The van der Waals surface area contributed by atoms with Gasteiger partial charge in [0, 0.05) is 11.5 Å². The standard InChI is InChI=1S/C20H21NO/c1-13(2)10-17-12-20(22)21-19-9-8-16(11-18(17)19)15-6-4-14(3)5-7-15/h4-9,11-13H,10H2,1-3H3,(H,21,22). The quantitative estimate of drug-likeness (QED) is 0.727. The molecule has 2 heteroatoms. The molecule has 2 aromatic carbocycles. The van der Waals surface area contributed by atoms with Crippen LogP contribution in [0.2, 0.25) is 0 Å². The fourth-order valence-corrected chi connectivity index (χ4v) is 2.81. The molecule has 0 aliphatic carbocycles. The lowest BCUT2D eigenvalue weighted by molar-refractivity contribution is 0.454. The molecule has 1 aromatic heterocycles. The van der Waals surface area contributed by atoms with Gasteiger partial charge in [0.2, 0.25) is 5.88 Å². The number of hydrogen-bond donors (Lipinski definition) is 1. The molecule has 0 unspecified atom stereocenters. The first-order valence-corrected chi connectivity index (χ1v) is 7.72. The van der Waals surface area contributed by atoms with Crippen LogP contribution in [-0.4, -0.2) is 10.1 Å². The molecule has 0 saturated carbocycles. The van der Waals surface area contributed by atoms with Crippen molar-refractivity contribution in [1.29, 1.82) is 0 Å². The van der Waals surface area contributed by atoms with E-state index in [4.69, 9.17) is 0 Å². The van der Waals surface area contributed by atoms with Crippen molar-refractivity contribution in [2.75, 3.05) is 0 Å². The lowest BCUT2D eigenvalue weighted by atomic mass is 9.96. The number of fused-ring (bicyclic) bond motifs is 1. The molecule has 0 saturated heterocycles. The van der Waals surface area contributed by atoms with E-state index in [0.29, 0.717) is 5.92 Å². The van der Waals surface area contributed by atoms with Crippen molar-refractivity contribution in [1.82, 2.24) is 4.98 Å². The first kappa shape index (κ1) is 14.6. The van der Waals surface area contributed by atoms with Gasteiger partial charge in [-0.05, 0) is 48.1 Å². The summed E-state index contributed by atoms with van der Waals surface area (Å²) < 4.78 is 0. The first-order valence-electron chi connectivity index (χ1n) is 7.72. The van der Waals surface area contributed by atoms with Crippen molar-refractivity contribution < 1.29 is 5.11 Å². The summed E-state index contributed by atoms with van der Waals surface area (Å²) in [5, 5.41) is 11.0. The van der Waals surface area contributed by atoms with Crippen molar-refractivity contribution in [2.24, 2.45) is 5.92 Å². The van der Waals surface area contributed by atoms with Crippen LogP contribution in [0.15, 0.2) is 48.5 Å². The number of nitrogens with zero attached hydrogens (tertiary/aromatic N) is 1. The Morgan fingerprint density at radius 3 is 2.32 bits per heavy atom. The molecule has 0 radical (unpaired) electrons. The normalized spacial score (nSPS) is 11.3. The van der Waals surface area contributed by atoms with Crippen LogP contribution < -0.4 is 0 Å². The molecule has 112 valence electrons. The summed E-state index contributed by atoms with van der Waals surface area (Å²) in [6, 6.07) is 16.6. The van der Waals surface area contributed by atoms with Crippen LogP contribution in [0, 0.1) is 12.8 Å². The van der Waals surface area contributed by atoms with Crippen molar-refractivity contribution >= 4 is 10.9 Å². The molecule has 22 heavy (non-hydrogen) atoms. The summed E-state index contributed by atoms with van der Waals surface area (Å²) >= 11 is 0. The molecule has 2 nitrogen and oxygen atoms in total. The zero-order chi connectivity index (χ0) is 15.7. The highest BCUT2D eigenvalue weighted by atomic mass is 16.3. The minimum Gasteiger partial charge on any atom is -0.493 e. The van der Waals surface area contributed by atoms with E-state index in [1.807, 2.05) is 6.07 Å². The molecule has 3 aromatic rings. The summed E-state index contributed by atoms with van der Waals surface area (Å²) in [6.45, 7) is 6.47. The molecule has 0 aliphatic heterocycles. The van der Waals surface area contributed by atoms with Crippen molar-refractivity contribution in [2.45, 2.75) is 27.2 Å². The van der Waals surface area contributed by atoms with Crippen molar-refractivity contribution in [3.05, 3.63) is 59.7 Å². The van der Waals surface area contributed by atoms with Crippen LogP contribution in [0.4, 0.5) is 0 Å². The number of aromatic nitrogens is 1. The second-order valence-electron chi connectivity index (χ2n) is 6.34. The van der Waals surface area contributed by atoms with Gasteiger partial charge in [0.1, 0.15) is 0 Å². The average Bonchev–Trinajstić information content (AvgIpc) is 2.47. The van der Waals surface area contributed by atoms with Crippen LogP contribution in [0.5, 0.6) is 5.88 Å². The van der Waals surface area contributed by atoms with E-state index < -0.39 is 0 Å². The average molecular weight is 291 g/mol. The summed E-state index contributed by atoms with van der Waals surface area (Å²) in [4.78, 5) is 4.25. The van der Waals surface area contributed by atoms with E-state index >= 15 is 0 Å². The minimum absolute atomic E-state index is 0.103. The number of pyridine rings is 1. The number of rotatable bonds is 3. The Labute approximate surface area is 131 Å². The van der Waals surface area contributed by atoms with Crippen LogP contribution in [0.1, 0.15) is 25.0 Å². The van der Waals surface area contributed by atoms with Gasteiger partial charge in [0.15, 0.2) is 0 Å². The lowest BCUT2D eigenvalue weighted by Crippen LogP contribution is -1.96. The number of aromatic hydroxyl groups is 1. The third kappa shape index (κ3) is 2.96. The second-order valence-corrected chi connectivity index (χ2v) is 6.34. The maximum absolute atomic E-state index is 9.83. The Hall–Kier alpha value is -2.35. The molecule has 0 spiro atoms. The lowest BCUT2D eigenvalue weighted by Gasteiger charge is -2.11. The monoisotopic (exact) mass is 291 g/mol. The Morgan fingerprint density at radius 2 is 1.64 bits per heavy atom. The SMILES string of the molecule is Cc1ccc(-c2ccc3nc(O)cc(CC(C)C)c3c2)cc1. The molecular weight excluding hydrogens is 270 g/mol. The summed E-state index contributed by atoms with van der Waals surface area (Å²) in [5.41, 5.74) is 5.66. The van der Waals surface area contributed by atoms with Crippen LogP contribution in [-0.2, 0) is 6.42 Å². The molecule has 1 heterocycles. The largest absolute Gasteiger partial charge is 0.493 e. The molecule has 0 aliphatic rings. The zero-order valence-corrected chi connectivity index (χ0v) is 13.3. The van der Waals surface area contributed by atoms with Crippen LogP contribution in [0.25, 0.3) is 22.0 Å². The minimum atomic E-state index is 0.103. The summed E-state index contributed by atoms with van der Waals surface area (Å²) in [7, 11) is 0. The molecular formula is C20H21NO. The second kappa shape index (κ2) is 5.80. The molecule has 0 fully saturated rings. The molecule has 0 amide bonds. The zero-order valence-electron chi connectivity index (χ0n) is 13.3. The topological polar surface area (TPSA) is 33.1 Å². The maximum atomic E-state index is 9.83. The smallest absolute Gasteiger partial charge is 0.211 e. The molecule has 0 atom stereocenters. The third-order valence-corrected chi connectivity index (χ3v) is 3.89. The van der Waals surface area contributed by atoms with E-state index in [1.165, 1.54) is 16.7 Å². The van der Waals surface area contributed by atoms with Gasteiger partial charge in [-0.25, -0.2) is 4.98 Å². The Morgan fingerprint density at radius 1 is 0.955 bits per heavy atom. The first-order chi connectivity index (χ1) is 10.5. The van der Waals surface area contributed by atoms with Gasteiger partial charge in [-0.3, -0.25) is 0 Å². The van der Waals surface area contributed by atoms with E-state index in [9.17, 15) is 5.11 Å². The van der Waals surface area contributed by atoms with Gasteiger partial charge >= 0.3 is 0 Å². The maximum Gasteiger partial charge on any atom is 0.211 e. The Bertz CT molecular complexity index is 804. The van der Waals surface area contributed by atoms with Crippen molar-refractivity contribution in [3.63, 3.8) is 0 Å². The highest BCUT2D eigenvalue weighted by Crippen LogP contribution is 2.29. The molecule has 3 rings (SSSR count). The van der Waals surface area contributed by atoms with E-state index in [0.717, 1.165) is 22.9 Å². The molecule has 1 N–H and O–H groups in total. The predicted molar refractivity (Wildman–Crippen MR) is 92.1 cm³/mol. The van der Waals surface area contributed by atoms with Gasteiger partial charge in [0.05, 0.1) is 5.52 Å². The van der Waals surface area contributed by atoms with E-state index in [2.05, 4.69) is 62.2 Å². The third-order valence-electron chi connectivity index (χ3n) is 3.89. The van der Waals surface area contributed by atoms with Crippen LogP contribution >= 0.6 is 0 Å². The Balaban J connectivity index is 2.15. The van der Waals surface area contributed by atoms with Gasteiger partial charge in [-0.15, -0.1) is 0 Å². The number of benzene rings is 2. The van der Waals surface area contributed by atoms with Crippen molar-refractivity contribution in [3.8, 4) is 17.0 Å². The highest BCUT2D eigenvalue weighted by Gasteiger charge is 2.09. The fraction of sp³-hybridized carbons (Fsp3) is 0.250. The summed E-state index contributed by atoms with van der Waals surface area (Å²) in [6.07, 6.45) is 0.934. The number of hydrogen-bond acceptors (Lipinski definition) is 2. The van der Waals surface area contributed by atoms with E-state index in [1.54, 1.807) is 6.07 Å². The summed E-state index contributed by atoms with van der Waals surface area (Å²) in [5.74, 6) is 0.638. The van der Waals surface area contributed by atoms with Crippen LogP contribution in [0.3, 0.4) is 0 Å². The van der Waals surface area contributed by atoms with Gasteiger partial charge in [-0.2, -0.15) is 0 Å². The van der Waals surface area contributed by atoms with Gasteiger partial charge < -0.3 is 5.11 Å². The highest BCUT2D eigenvalue weighted by molar-refractivity contribution is 5.87. The molecule has 0 bridgehead atoms. The fourth-order valence-electron chi connectivity index (χ4n) is 2.81. The van der Waals surface area contributed by atoms with E-state index in [-0.39, 0.29) is 5.88 Å². The predicted octanol–water partition coefficient (Wildman–Crippen LogP) is 5.11. The van der Waals surface area contributed by atoms with Gasteiger partial charge in [-0.1, -0.05) is 49.7 Å².